The molecule has 0 spiro atoms. The Morgan fingerprint density at radius 1 is 1.12 bits per heavy atom. The second-order valence-electron chi connectivity index (χ2n) is 6.78. The molecule has 2 aromatic rings. The van der Waals surface area contributed by atoms with Crippen molar-refractivity contribution in [1.29, 1.82) is 0 Å². The van der Waals surface area contributed by atoms with Crippen molar-refractivity contribution >= 4 is 27.5 Å². The Bertz CT molecular complexity index is 703. The lowest BCUT2D eigenvalue weighted by molar-refractivity contribution is -0.118. The first-order chi connectivity index (χ1) is 11.3. The first-order valence-corrected chi connectivity index (χ1v) is 8.90. The minimum atomic E-state index is -0.182. The molecule has 0 unspecified atom stereocenters. The maximum atomic E-state index is 12.1. The van der Waals surface area contributed by atoms with Gasteiger partial charge in [-0.3, -0.25) is 4.79 Å². The second-order valence-corrected chi connectivity index (χ2v) is 7.63. The number of ether oxygens (including phenoxy) is 1. The maximum absolute atomic E-state index is 12.1. The number of halogens is 1. The summed E-state index contributed by atoms with van der Waals surface area (Å²) < 4.78 is 6.40. The molecule has 0 aromatic heterocycles. The molecule has 0 aliphatic heterocycles. The average Bonchev–Trinajstić information content (AvgIpc) is 2.54. The van der Waals surface area contributed by atoms with Crippen molar-refractivity contribution in [1.82, 2.24) is 0 Å². The van der Waals surface area contributed by atoms with Crippen LogP contribution in [0.4, 0.5) is 5.69 Å². The van der Waals surface area contributed by atoms with E-state index in [0.717, 1.165) is 16.6 Å². The highest BCUT2D eigenvalue weighted by Crippen LogP contribution is 2.30. The number of amides is 1. The second kappa shape index (κ2) is 7.84. The van der Waals surface area contributed by atoms with Crippen LogP contribution in [0.5, 0.6) is 5.75 Å². The summed E-state index contributed by atoms with van der Waals surface area (Å²) >= 11 is 3.52. The molecule has 0 saturated heterocycles. The smallest absolute Gasteiger partial charge is 0.262 e. The molecule has 0 atom stereocenters. The van der Waals surface area contributed by atoms with E-state index >= 15 is 0 Å². The van der Waals surface area contributed by atoms with E-state index in [-0.39, 0.29) is 17.9 Å². The monoisotopic (exact) mass is 389 g/mol. The average molecular weight is 390 g/mol. The van der Waals surface area contributed by atoms with Gasteiger partial charge >= 0.3 is 0 Å². The van der Waals surface area contributed by atoms with Crippen LogP contribution in [0.15, 0.2) is 46.9 Å². The molecular weight excluding hydrogens is 366 g/mol. The summed E-state index contributed by atoms with van der Waals surface area (Å²) in [7, 11) is 0. The van der Waals surface area contributed by atoms with Crippen LogP contribution in [-0.4, -0.2) is 12.5 Å². The molecule has 4 heteroatoms. The fourth-order valence-electron chi connectivity index (χ4n) is 2.24. The SMILES string of the molecule is CCc1ccc(OCC(=O)Nc2ccc(C(C)(C)C)cc2Br)cc1. The molecule has 0 aliphatic carbocycles. The Labute approximate surface area is 152 Å². The van der Waals surface area contributed by atoms with Gasteiger partial charge in [0.05, 0.1) is 5.69 Å². The van der Waals surface area contributed by atoms with E-state index in [2.05, 4.69) is 48.9 Å². The highest BCUT2D eigenvalue weighted by Gasteiger charge is 2.15. The molecule has 0 saturated carbocycles. The zero-order chi connectivity index (χ0) is 17.7. The van der Waals surface area contributed by atoms with E-state index in [0.29, 0.717) is 5.75 Å². The van der Waals surface area contributed by atoms with Crippen LogP contribution in [0, 0.1) is 0 Å². The Morgan fingerprint density at radius 2 is 1.79 bits per heavy atom. The van der Waals surface area contributed by atoms with E-state index in [1.54, 1.807) is 0 Å². The third kappa shape index (κ3) is 5.10. The lowest BCUT2D eigenvalue weighted by Gasteiger charge is -2.20. The number of hydrogen-bond acceptors (Lipinski definition) is 2. The number of anilines is 1. The number of rotatable bonds is 5. The number of aryl methyl sites for hydroxylation is 1. The zero-order valence-corrected chi connectivity index (χ0v) is 16.2. The zero-order valence-electron chi connectivity index (χ0n) is 14.7. The van der Waals surface area contributed by atoms with Crippen LogP contribution in [0.2, 0.25) is 0 Å². The van der Waals surface area contributed by atoms with Gasteiger partial charge in [-0.25, -0.2) is 0 Å². The third-order valence-electron chi connectivity index (χ3n) is 3.81. The Hall–Kier alpha value is -1.81. The van der Waals surface area contributed by atoms with Gasteiger partial charge in [0, 0.05) is 4.47 Å². The molecule has 1 amide bonds. The number of benzene rings is 2. The van der Waals surface area contributed by atoms with Crippen molar-refractivity contribution in [3.8, 4) is 5.75 Å². The molecule has 128 valence electrons. The molecule has 24 heavy (non-hydrogen) atoms. The number of hydrogen-bond donors (Lipinski definition) is 1. The summed E-state index contributed by atoms with van der Waals surface area (Å²) in [6, 6.07) is 13.8. The van der Waals surface area contributed by atoms with E-state index in [9.17, 15) is 4.79 Å². The quantitative estimate of drug-likeness (QED) is 0.750. The predicted molar refractivity (Wildman–Crippen MR) is 103 cm³/mol. The van der Waals surface area contributed by atoms with Gasteiger partial charge in [0.1, 0.15) is 5.75 Å². The predicted octanol–water partition coefficient (Wildman–Crippen LogP) is 5.33. The summed E-state index contributed by atoms with van der Waals surface area (Å²) in [6.45, 7) is 8.56. The molecule has 0 radical (unpaired) electrons. The van der Waals surface area contributed by atoms with Gasteiger partial charge in [0.15, 0.2) is 6.61 Å². The van der Waals surface area contributed by atoms with Crippen molar-refractivity contribution in [2.45, 2.75) is 39.5 Å². The highest BCUT2D eigenvalue weighted by atomic mass is 79.9. The number of carbonyl (C=O) groups excluding carboxylic acids is 1. The maximum Gasteiger partial charge on any atom is 0.262 e. The Balaban J connectivity index is 1.94. The van der Waals surface area contributed by atoms with Crippen LogP contribution in [-0.2, 0) is 16.6 Å². The van der Waals surface area contributed by atoms with Gasteiger partial charge in [-0.1, -0.05) is 45.9 Å². The summed E-state index contributed by atoms with van der Waals surface area (Å²) in [5.41, 5.74) is 3.27. The standard InChI is InChI=1S/C20H24BrNO2/c1-5-14-6-9-16(10-7-14)24-13-19(23)22-18-11-8-15(12-17(18)21)20(2,3)4/h6-12H,5,13H2,1-4H3,(H,22,23). The van der Waals surface area contributed by atoms with Gasteiger partial charge in [0.2, 0.25) is 0 Å². The Morgan fingerprint density at radius 3 is 2.33 bits per heavy atom. The lowest BCUT2D eigenvalue weighted by atomic mass is 9.87. The molecular formula is C20H24BrNO2. The number of nitrogens with one attached hydrogen (secondary N) is 1. The van der Waals surface area contributed by atoms with E-state index in [4.69, 9.17) is 4.74 Å². The summed E-state index contributed by atoms with van der Waals surface area (Å²) in [4.78, 5) is 12.1. The van der Waals surface area contributed by atoms with Crippen LogP contribution in [0.25, 0.3) is 0 Å². The topological polar surface area (TPSA) is 38.3 Å². The van der Waals surface area contributed by atoms with Gasteiger partial charge in [-0.15, -0.1) is 0 Å². The first kappa shape index (κ1) is 18.5. The van der Waals surface area contributed by atoms with Crippen LogP contribution < -0.4 is 10.1 Å². The lowest BCUT2D eigenvalue weighted by Crippen LogP contribution is -2.20. The molecule has 0 bridgehead atoms. The molecule has 1 N–H and O–H groups in total. The van der Waals surface area contributed by atoms with Gasteiger partial charge < -0.3 is 10.1 Å². The van der Waals surface area contributed by atoms with Crippen LogP contribution in [0.3, 0.4) is 0 Å². The number of carbonyl (C=O) groups is 1. The fraction of sp³-hybridized carbons (Fsp3) is 0.350. The molecule has 0 fully saturated rings. The first-order valence-electron chi connectivity index (χ1n) is 8.11. The van der Waals surface area contributed by atoms with Gasteiger partial charge in [0.25, 0.3) is 5.91 Å². The van der Waals surface area contributed by atoms with Gasteiger partial charge in [-0.05, 0) is 63.2 Å². The molecule has 3 nitrogen and oxygen atoms in total. The highest BCUT2D eigenvalue weighted by molar-refractivity contribution is 9.10. The molecule has 0 aliphatic rings. The summed E-state index contributed by atoms with van der Waals surface area (Å²) in [6.07, 6.45) is 0.985. The summed E-state index contributed by atoms with van der Waals surface area (Å²) in [5, 5.41) is 2.87. The van der Waals surface area contributed by atoms with E-state index in [1.165, 1.54) is 11.1 Å². The largest absolute Gasteiger partial charge is 0.484 e. The van der Waals surface area contributed by atoms with E-state index < -0.39 is 0 Å². The molecule has 2 aromatic carbocycles. The fourth-order valence-corrected chi connectivity index (χ4v) is 2.72. The molecule has 0 heterocycles. The van der Waals surface area contributed by atoms with Crippen molar-refractivity contribution in [2.75, 3.05) is 11.9 Å². The van der Waals surface area contributed by atoms with Crippen LogP contribution >= 0.6 is 15.9 Å². The van der Waals surface area contributed by atoms with Crippen molar-refractivity contribution in [2.24, 2.45) is 0 Å². The minimum absolute atomic E-state index is 0.0149. The molecule has 2 rings (SSSR count). The van der Waals surface area contributed by atoms with E-state index in [1.807, 2.05) is 42.5 Å². The minimum Gasteiger partial charge on any atom is -0.484 e. The van der Waals surface area contributed by atoms with Crippen molar-refractivity contribution in [3.05, 3.63) is 58.1 Å². The Kier molecular flexibility index (Phi) is 6.05. The van der Waals surface area contributed by atoms with Crippen molar-refractivity contribution in [3.63, 3.8) is 0 Å². The third-order valence-corrected chi connectivity index (χ3v) is 4.47. The normalized spacial score (nSPS) is 11.2. The van der Waals surface area contributed by atoms with Gasteiger partial charge in [-0.2, -0.15) is 0 Å². The van der Waals surface area contributed by atoms with Crippen molar-refractivity contribution < 1.29 is 9.53 Å². The van der Waals surface area contributed by atoms with Crippen LogP contribution in [0.1, 0.15) is 38.8 Å². The summed E-state index contributed by atoms with van der Waals surface area (Å²) in [5.74, 6) is 0.517.